The van der Waals surface area contributed by atoms with E-state index in [1.165, 1.54) is 23.6 Å². The summed E-state index contributed by atoms with van der Waals surface area (Å²) in [5.41, 5.74) is 9.45. The molecule has 6 heteroatoms. The molecule has 22 heavy (non-hydrogen) atoms. The molecule has 0 spiro atoms. The van der Waals surface area contributed by atoms with E-state index in [9.17, 15) is 4.39 Å². The van der Waals surface area contributed by atoms with E-state index in [0.29, 0.717) is 11.9 Å². The van der Waals surface area contributed by atoms with Crippen LogP contribution in [0.5, 0.6) is 0 Å². The minimum atomic E-state index is -1.28. The minimum absolute atomic E-state index is 0.0344. The number of halogens is 1. The van der Waals surface area contributed by atoms with Gasteiger partial charge in [-0.05, 0) is 37.3 Å². The van der Waals surface area contributed by atoms with Gasteiger partial charge in [0, 0.05) is 0 Å². The molecule has 1 heterocycles. The number of aryl methyl sites for hydroxylation is 1. The van der Waals surface area contributed by atoms with Crippen molar-refractivity contribution < 1.29 is 4.39 Å². The summed E-state index contributed by atoms with van der Waals surface area (Å²) in [5.74, 6) is 0.830. The molecule has 0 unspecified atom stereocenters. The molecular formula is C16H20FN5. The summed E-state index contributed by atoms with van der Waals surface area (Å²) in [6.07, 6.45) is -0.276. The van der Waals surface area contributed by atoms with E-state index in [2.05, 4.69) is 52.3 Å². The average Bonchev–Trinajstić information content (AvgIpc) is 2.74. The molecule has 0 radical (unpaired) electrons. The molecule has 0 fully saturated rings. The average molecular weight is 301 g/mol. The van der Waals surface area contributed by atoms with Gasteiger partial charge in [0.1, 0.15) is 0 Å². The molecule has 116 valence electrons. The van der Waals surface area contributed by atoms with Gasteiger partial charge in [-0.25, -0.2) is 4.39 Å². The van der Waals surface area contributed by atoms with E-state index in [1.54, 1.807) is 0 Å². The van der Waals surface area contributed by atoms with Crippen LogP contribution in [0.3, 0.4) is 0 Å². The zero-order valence-corrected chi connectivity index (χ0v) is 13.0. The van der Waals surface area contributed by atoms with Crippen molar-refractivity contribution in [3.63, 3.8) is 0 Å². The van der Waals surface area contributed by atoms with Crippen molar-refractivity contribution in [3.8, 4) is 0 Å². The largest absolute Gasteiger partial charge is 0.368 e. The fraction of sp³-hybridized carbons (Fsp3) is 0.438. The van der Waals surface area contributed by atoms with Crippen molar-refractivity contribution in [1.29, 1.82) is 0 Å². The quantitative estimate of drug-likeness (QED) is 0.910. The number of nitrogen functional groups attached to an aromatic ring is 1. The lowest BCUT2D eigenvalue weighted by molar-refractivity contribution is 0.356. The van der Waals surface area contributed by atoms with E-state index < -0.39 is 6.17 Å². The molecule has 3 atom stereocenters. The van der Waals surface area contributed by atoms with Crippen molar-refractivity contribution in [1.82, 2.24) is 15.0 Å². The second-order valence-corrected chi connectivity index (χ2v) is 6.00. The Kier molecular flexibility index (Phi) is 3.68. The number of benzene rings is 1. The topological polar surface area (TPSA) is 76.7 Å². The molecule has 0 saturated carbocycles. The van der Waals surface area contributed by atoms with Crippen LogP contribution in [0.1, 0.15) is 48.6 Å². The van der Waals surface area contributed by atoms with Crippen molar-refractivity contribution in [2.75, 3.05) is 11.1 Å². The lowest BCUT2D eigenvalue weighted by Gasteiger charge is -2.19. The van der Waals surface area contributed by atoms with Crippen LogP contribution in [0.2, 0.25) is 0 Å². The number of nitrogens with zero attached hydrogens (tertiary/aromatic N) is 3. The van der Waals surface area contributed by atoms with E-state index in [0.717, 1.165) is 6.42 Å². The number of rotatable bonds is 3. The van der Waals surface area contributed by atoms with Crippen LogP contribution >= 0.6 is 0 Å². The van der Waals surface area contributed by atoms with Crippen molar-refractivity contribution >= 4 is 11.9 Å². The maximum absolute atomic E-state index is 13.4. The molecule has 2 aromatic rings. The molecule has 0 saturated heterocycles. The first-order valence-electron chi connectivity index (χ1n) is 7.45. The molecule has 0 aliphatic heterocycles. The van der Waals surface area contributed by atoms with Gasteiger partial charge in [-0.1, -0.05) is 30.7 Å². The summed E-state index contributed by atoms with van der Waals surface area (Å²) in [6, 6.07) is 6.57. The number of hydrogen-bond acceptors (Lipinski definition) is 5. The van der Waals surface area contributed by atoms with Crippen molar-refractivity contribution in [2.24, 2.45) is 5.92 Å². The molecule has 3 rings (SSSR count). The van der Waals surface area contributed by atoms with Gasteiger partial charge in [0.2, 0.25) is 11.9 Å². The van der Waals surface area contributed by atoms with Crippen LogP contribution < -0.4 is 11.1 Å². The summed E-state index contributed by atoms with van der Waals surface area (Å²) in [6.45, 7) is 5.63. The molecular weight excluding hydrogens is 281 g/mol. The van der Waals surface area contributed by atoms with Gasteiger partial charge >= 0.3 is 0 Å². The summed E-state index contributed by atoms with van der Waals surface area (Å²) < 4.78 is 13.4. The van der Waals surface area contributed by atoms with E-state index >= 15 is 0 Å². The Labute approximate surface area is 129 Å². The van der Waals surface area contributed by atoms with Crippen LogP contribution in [0.15, 0.2) is 18.2 Å². The van der Waals surface area contributed by atoms with Gasteiger partial charge in [0.25, 0.3) is 0 Å². The summed E-state index contributed by atoms with van der Waals surface area (Å²) in [7, 11) is 0. The fourth-order valence-electron chi connectivity index (χ4n) is 2.97. The molecule has 0 bridgehead atoms. The maximum Gasteiger partial charge on any atom is 0.228 e. The van der Waals surface area contributed by atoms with Crippen LogP contribution in [0.4, 0.5) is 16.3 Å². The second kappa shape index (κ2) is 5.51. The normalized spacial score (nSPS) is 21.5. The zero-order chi connectivity index (χ0) is 15.9. The smallest absolute Gasteiger partial charge is 0.228 e. The summed E-state index contributed by atoms with van der Waals surface area (Å²) >= 11 is 0. The Morgan fingerprint density at radius 3 is 2.82 bits per heavy atom. The van der Waals surface area contributed by atoms with Gasteiger partial charge in [-0.15, -0.1) is 0 Å². The van der Waals surface area contributed by atoms with Gasteiger partial charge in [-0.3, -0.25) is 0 Å². The fourth-order valence-corrected chi connectivity index (χ4v) is 2.97. The number of fused-ring (bicyclic) bond motifs is 1. The minimum Gasteiger partial charge on any atom is -0.368 e. The van der Waals surface area contributed by atoms with Gasteiger partial charge in [0.15, 0.2) is 12.0 Å². The highest BCUT2D eigenvalue weighted by molar-refractivity contribution is 5.44. The third-order valence-electron chi connectivity index (χ3n) is 4.06. The predicted molar refractivity (Wildman–Crippen MR) is 84.2 cm³/mol. The molecule has 1 aliphatic rings. The third kappa shape index (κ3) is 2.73. The Bertz CT molecular complexity index is 701. The van der Waals surface area contributed by atoms with Gasteiger partial charge in [-0.2, -0.15) is 15.0 Å². The van der Waals surface area contributed by atoms with Crippen molar-refractivity contribution in [3.05, 3.63) is 40.7 Å². The molecule has 5 nitrogen and oxygen atoms in total. The monoisotopic (exact) mass is 301 g/mol. The highest BCUT2D eigenvalue weighted by Gasteiger charge is 2.30. The van der Waals surface area contributed by atoms with Crippen LogP contribution in [-0.2, 0) is 6.42 Å². The van der Waals surface area contributed by atoms with E-state index in [-0.39, 0.29) is 17.8 Å². The number of aromatic nitrogens is 3. The number of nitrogens with one attached hydrogen (secondary N) is 1. The van der Waals surface area contributed by atoms with Crippen LogP contribution in [-0.4, -0.2) is 15.0 Å². The summed E-state index contributed by atoms with van der Waals surface area (Å²) in [5, 5.41) is 3.30. The second-order valence-electron chi connectivity index (χ2n) is 6.00. The molecule has 1 aromatic carbocycles. The SMILES string of the molecule is Cc1ccc2c(c1)[C@@H](Nc1nc(N)nc([C@H](C)F)n1)[C@H](C)C2. The third-order valence-corrected chi connectivity index (χ3v) is 4.06. The number of hydrogen-bond donors (Lipinski definition) is 2. The Morgan fingerprint density at radius 2 is 2.09 bits per heavy atom. The van der Waals surface area contributed by atoms with E-state index in [1.807, 2.05) is 0 Å². The molecule has 1 aliphatic carbocycles. The van der Waals surface area contributed by atoms with Crippen molar-refractivity contribution in [2.45, 2.75) is 39.4 Å². The molecule has 3 N–H and O–H groups in total. The Morgan fingerprint density at radius 1 is 1.32 bits per heavy atom. The Hall–Kier alpha value is -2.24. The number of anilines is 2. The maximum atomic E-state index is 13.4. The first-order chi connectivity index (χ1) is 10.4. The van der Waals surface area contributed by atoms with Gasteiger partial charge < -0.3 is 11.1 Å². The highest BCUT2D eigenvalue weighted by atomic mass is 19.1. The lowest BCUT2D eigenvalue weighted by atomic mass is 10.0. The molecule has 1 aromatic heterocycles. The standard InChI is InChI=1S/C16H20FN5/c1-8-4-5-11-7-9(2)13(12(11)6-8)19-16-21-14(10(3)17)20-15(18)22-16/h4-6,9-10,13H,7H2,1-3H3,(H3,18,19,20,21,22)/t9-,10+,13+/m1/s1. The highest BCUT2D eigenvalue weighted by Crippen LogP contribution is 2.38. The van der Waals surface area contributed by atoms with E-state index in [4.69, 9.17) is 5.73 Å². The summed E-state index contributed by atoms with van der Waals surface area (Å²) in [4.78, 5) is 12.1. The number of alkyl halides is 1. The lowest BCUT2D eigenvalue weighted by Crippen LogP contribution is -2.18. The Balaban J connectivity index is 1.92. The first-order valence-corrected chi connectivity index (χ1v) is 7.45. The first kappa shape index (κ1) is 14.7. The molecule has 0 amide bonds. The van der Waals surface area contributed by atoms with Crippen LogP contribution in [0.25, 0.3) is 0 Å². The van der Waals surface area contributed by atoms with Gasteiger partial charge in [0.05, 0.1) is 6.04 Å². The van der Waals surface area contributed by atoms with Crippen LogP contribution in [0, 0.1) is 12.8 Å². The predicted octanol–water partition coefficient (Wildman–Crippen LogP) is 3.14. The number of nitrogens with two attached hydrogens (primary N) is 1. The zero-order valence-electron chi connectivity index (χ0n) is 13.0.